The molecule has 0 saturated carbocycles. The number of fused-ring (bicyclic) bond motifs is 1. The van der Waals surface area contributed by atoms with E-state index in [1.54, 1.807) is 12.1 Å². The number of rotatable bonds is 2. The number of furan rings is 1. The second-order valence-corrected chi connectivity index (χ2v) is 5.64. The molecule has 19 heavy (non-hydrogen) atoms. The molecule has 0 amide bonds. The van der Waals surface area contributed by atoms with Crippen LogP contribution in [0.2, 0.25) is 0 Å². The molecule has 0 saturated heterocycles. The Kier molecular flexibility index (Phi) is 3.15. The van der Waals surface area contributed by atoms with E-state index < -0.39 is 11.6 Å². The zero-order valence-corrected chi connectivity index (χ0v) is 11.5. The lowest BCUT2D eigenvalue weighted by Crippen LogP contribution is -2.34. The summed E-state index contributed by atoms with van der Waals surface area (Å²) in [6.07, 6.45) is -4.31. The summed E-state index contributed by atoms with van der Waals surface area (Å²) in [5, 5.41) is 0.896. The van der Waals surface area contributed by atoms with Crippen molar-refractivity contribution in [1.82, 2.24) is 0 Å². The van der Waals surface area contributed by atoms with Gasteiger partial charge in [-0.3, -0.25) is 0 Å². The van der Waals surface area contributed by atoms with Crippen LogP contribution in [0.4, 0.5) is 13.2 Å². The molecular formula is C15H17F3O. The predicted octanol–water partition coefficient (Wildman–Crippen LogP) is 5.18. The summed E-state index contributed by atoms with van der Waals surface area (Å²) < 4.78 is 44.5. The van der Waals surface area contributed by atoms with Crippen LogP contribution >= 0.6 is 0 Å². The molecule has 2 aromatic rings. The minimum atomic E-state index is -4.23. The Morgan fingerprint density at radius 3 is 2.32 bits per heavy atom. The number of benzene rings is 1. The first kappa shape index (κ1) is 14.0. The van der Waals surface area contributed by atoms with Gasteiger partial charge in [-0.1, -0.05) is 32.0 Å². The number of hydrogen-bond acceptors (Lipinski definition) is 1. The molecule has 0 radical (unpaired) electrons. The summed E-state index contributed by atoms with van der Waals surface area (Å²) >= 11 is 0. The first-order valence-corrected chi connectivity index (χ1v) is 6.18. The third-order valence-electron chi connectivity index (χ3n) is 3.68. The van der Waals surface area contributed by atoms with Crippen LogP contribution in [0.25, 0.3) is 11.0 Å². The van der Waals surface area contributed by atoms with Crippen molar-refractivity contribution in [2.75, 3.05) is 0 Å². The molecule has 104 valence electrons. The van der Waals surface area contributed by atoms with E-state index in [9.17, 15) is 13.2 Å². The van der Waals surface area contributed by atoms with Gasteiger partial charge in [-0.2, -0.15) is 13.2 Å². The molecule has 0 N–H and O–H groups in total. The molecule has 1 aromatic carbocycles. The highest BCUT2D eigenvalue weighted by atomic mass is 19.4. The summed E-state index contributed by atoms with van der Waals surface area (Å²) in [6, 6.07) is 5.37. The standard InChI is InChI=1S/C15H17F3O/c1-9-10(2)19-13-11(6-5-7-12(9)13)8-14(3,4)15(16,17)18/h5-7H,8H2,1-4H3. The van der Waals surface area contributed by atoms with Crippen molar-refractivity contribution in [2.45, 2.75) is 40.3 Å². The molecule has 1 heterocycles. The zero-order chi connectivity index (χ0) is 14.4. The van der Waals surface area contributed by atoms with Crippen molar-refractivity contribution in [3.8, 4) is 0 Å². The Morgan fingerprint density at radius 1 is 1.11 bits per heavy atom. The highest BCUT2D eigenvalue weighted by Crippen LogP contribution is 2.41. The van der Waals surface area contributed by atoms with E-state index in [1.807, 2.05) is 19.9 Å². The second-order valence-electron chi connectivity index (χ2n) is 5.64. The van der Waals surface area contributed by atoms with E-state index in [4.69, 9.17) is 4.42 Å². The van der Waals surface area contributed by atoms with Crippen LogP contribution in [0.15, 0.2) is 22.6 Å². The lowest BCUT2D eigenvalue weighted by molar-refractivity contribution is -0.210. The van der Waals surface area contributed by atoms with Gasteiger partial charge in [0, 0.05) is 5.39 Å². The van der Waals surface area contributed by atoms with Crippen LogP contribution in [-0.2, 0) is 6.42 Å². The van der Waals surface area contributed by atoms with Crippen molar-refractivity contribution in [3.05, 3.63) is 35.1 Å². The van der Waals surface area contributed by atoms with Crippen LogP contribution in [0.3, 0.4) is 0 Å². The molecule has 0 aliphatic carbocycles. The van der Waals surface area contributed by atoms with Gasteiger partial charge in [0.05, 0.1) is 5.41 Å². The molecule has 0 aliphatic heterocycles. The summed E-state index contributed by atoms with van der Waals surface area (Å²) in [6.45, 7) is 6.18. The van der Waals surface area contributed by atoms with E-state index in [2.05, 4.69) is 0 Å². The summed E-state index contributed by atoms with van der Waals surface area (Å²) in [5.74, 6) is 0.757. The van der Waals surface area contributed by atoms with E-state index in [0.717, 1.165) is 16.7 Å². The predicted molar refractivity (Wildman–Crippen MR) is 69.2 cm³/mol. The number of halogens is 3. The van der Waals surface area contributed by atoms with E-state index in [1.165, 1.54) is 13.8 Å². The highest BCUT2D eigenvalue weighted by molar-refractivity contribution is 5.84. The number of para-hydroxylation sites is 1. The van der Waals surface area contributed by atoms with E-state index in [-0.39, 0.29) is 6.42 Å². The third kappa shape index (κ3) is 2.36. The maximum absolute atomic E-state index is 13.0. The van der Waals surface area contributed by atoms with Crippen LogP contribution in [0.5, 0.6) is 0 Å². The van der Waals surface area contributed by atoms with Gasteiger partial charge in [-0.25, -0.2) is 0 Å². The van der Waals surface area contributed by atoms with Crippen molar-refractivity contribution >= 4 is 11.0 Å². The Bertz CT molecular complexity index is 606. The smallest absolute Gasteiger partial charge is 0.394 e. The van der Waals surface area contributed by atoms with Crippen molar-refractivity contribution < 1.29 is 17.6 Å². The Morgan fingerprint density at radius 2 is 1.74 bits per heavy atom. The SMILES string of the molecule is Cc1oc2c(CC(C)(C)C(F)(F)F)cccc2c1C. The Hall–Kier alpha value is -1.45. The van der Waals surface area contributed by atoms with Gasteiger partial charge in [0.2, 0.25) is 0 Å². The van der Waals surface area contributed by atoms with Gasteiger partial charge in [0.15, 0.2) is 0 Å². The fourth-order valence-corrected chi connectivity index (χ4v) is 2.14. The van der Waals surface area contributed by atoms with E-state index >= 15 is 0 Å². The lowest BCUT2D eigenvalue weighted by atomic mass is 9.84. The maximum atomic E-state index is 13.0. The quantitative estimate of drug-likeness (QED) is 0.732. The van der Waals surface area contributed by atoms with Crippen LogP contribution in [0.1, 0.15) is 30.7 Å². The average Bonchev–Trinajstić information content (AvgIpc) is 2.55. The molecule has 1 aromatic heterocycles. The zero-order valence-electron chi connectivity index (χ0n) is 11.5. The van der Waals surface area contributed by atoms with Gasteiger partial charge in [-0.05, 0) is 31.4 Å². The van der Waals surface area contributed by atoms with Gasteiger partial charge in [0.25, 0.3) is 0 Å². The molecule has 0 bridgehead atoms. The van der Waals surface area contributed by atoms with Gasteiger partial charge >= 0.3 is 6.18 Å². The molecule has 0 fully saturated rings. The van der Waals surface area contributed by atoms with Crippen LogP contribution in [0, 0.1) is 19.3 Å². The highest BCUT2D eigenvalue weighted by Gasteiger charge is 2.47. The fraction of sp³-hybridized carbons (Fsp3) is 0.467. The number of aryl methyl sites for hydroxylation is 2. The summed E-state index contributed by atoms with van der Waals surface area (Å²) in [4.78, 5) is 0. The molecular weight excluding hydrogens is 253 g/mol. The third-order valence-corrected chi connectivity index (χ3v) is 3.68. The van der Waals surface area contributed by atoms with Gasteiger partial charge in [0.1, 0.15) is 11.3 Å². The fourth-order valence-electron chi connectivity index (χ4n) is 2.14. The molecule has 0 unspecified atom stereocenters. The monoisotopic (exact) mass is 270 g/mol. The molecule has 1 nitrogen and oxygen atoms in total. The van der Waals surface area contributed by atoms with Crippen molar-refractivity contribution in [3.63, 3.8) is 0 Å². The molecule has 4 heteroatoms. The summed E-state index contributed by atoms with van der Waals surface area (Å²) in [5.41, 5.74) is 0.406. The molecule has 0 spiro atoms. The number of alkyl halides is 3. The lowest BCUT2D eigenvalue weighted by Gasteiger charge is -2.27. The molecule has 2 rings (SSSR count). The maximum Gasteiger partial charge on any atom is 0.394 e. The average molecular weight is 270 g/mol. The first-order valence-electron chi connectivity index (χ1n) is 6.18. The van der Waals surface area contributed by atoms with E-state index in [0.29, 0.717) is 11.1 Å². The minimum Gasteiger partial charge on any atom is -0.461 e. The Balaban J connectivity index is 2.50. The normalized spacial score (nSPS) is 13.2. The summed E-state index contributed by atoms with van der Waals surface area (Å²) in [7, 11) is 0. The van der Waals surface area contributed by atoms with Crippen molar-refractivity contribution in [2.24, 2.45) is 5.41 Å². The van der Waals surface area contributed by atoms with Gasteiger partial charge < -0.3 is 4.42 Å². The second kappa shape index (κ2) is 4.29. The van der Waals surface area contributed by atoms with Crippen molar-refractivity contribution in [1.29, 1.82) is 0 Å². The van der Waals surface area contributed by atoms with Gasteiger partial charge in [-0.15, -0.1) is 0 Å². The number of hydrogen-bond donors (Lipinski definition) is 0. The van der Waals surface area contributed by atoms with Crippen LogP contribution in [-0.4, -0.2) is 6.18 Å². The largest absolute Gasteiger partial charge is 0.461 e. The van der Waals surface area contributed by atoms with Crippen LogP contribution < -0.4 is 0 Å². The minimum absolute atomic E-state index is 0.0831. The Labute approximate surface area is 110 Å². The topological polar surface area (TPSA) is 13.1 Å². The molecule has 0 aliphatic rings. The molecule has 0 atom stereocenters. The first-order chi connectivity index (χ1) is 8.63.